The predicted octanol–water partition coefficient (Wildman–Crippen LogP) is 2.05. The highest BCUT2D eigenvalue weighted by Gasteiger charge is 2.17. The van der Waals surface area contributed by atoms with Crippen molar-refractivity contribution in [2.75, 3.05) is 26.7 Å². The minimum absolute atomic E-state index is 0.0151. The highest BCUT2D eigenvalue weighted by Crippen LogP contribution is 2.26. The van der Waals surface area contributed by atoms with Gasteiger partial charge < -0.3 is 15.0 Å². The summed E-state index contributed by atoms with van der Waals surface area (Å²) in [6.07, 6.45) is 1.93. The summed E-state index contributed by atoms with van der Waals surface area (Å²) in [6.45, 7) is 1.08. The van der Waals surface area contributed by atoms with E-state index in [0.29, 0.717) is 31.1 Å². The summed E-state index contributed by atoms with van der Waals surface area (Å²) in [6, 6.07) is 0.538. The van der Waals surface area contributed by atoms with Crippen LogP contribution in [0.15, 0.2) is 12.3 Å². The molecule has 3 nitrogen and oxygen atoms in total. The predicted molar refractivity (Wildman–Crippen MR) is 66.5 cm³/mol. The van der Waals surface area contributed by atoms with Crippen LogP contribution >= 0.6 is 0 Å². The van der Waals surface area contributed by atoms with Gasteiger partial charge in [-0.25, -0.2) is 13.2 Å². The molecule has 0 spiro atoms. The average Bonchev–Trinajstić information content (AvgIpc) is 2.78. The summed E-state index contributed by atoms with van der Waals surface area (Å²) in [5.41, 5.74) is 0.509. The van der Waals surface area contributed by atoms with Crippen LogP contribution in [0.4, 0.5) is 13.2 Å². The van der Waals surface area contributed by atoms with E-state index in [4.69, 9.17) is 5.11 Å². The first kappa shape index (κ1) is 13.9. The van der Waals surface area contributed by atoms with Crippen LogP contribution < -0.4 is 0 Å². The molecule has 0 aliphatic rings. The number of likely N-dealkylation sites (N-methyl/N-ethyl adjacent to an activating group) is 1. The molecule has 2 rings (SSSR count). The number of nitrogens with zero attached hydrogens (tertiary/aromatic N) is 1. The first-order valence-electron chi connectivity index (χ1n) is 5.97. The fraction of sp³-hybridized carbons (Fsp3) is 0.385. The molecule has 2 aromatic rings. The number of aromatic amines is 1. The zero-order valence-corrected chi connectivity index (χ0v) is 10.5. The Bertz CT molecular complexity index is 583. The van der Waals surface area contributed by atoms with Crippen LogP contribution in [0.2, 0.25) is 0 Å². The molecule has 2 N–H and O–H groups in total. The van der Waals surface area contributed by atoms with Gasteiger partial charge in [-0.2, -0.15) is 0 Å². The molecule has 0 fully saturated rings. The van der Waals surface area contributed by atoms with E-state index in [9.17, 15) is 13.2 Å². The van der Waals surface area contributed by atoms with Crippen molar-refractivity contribution >= 4 is 10.9 Å². The van der Waals surface area contributed by atoms with Gasteiger partial charge in [-0.1, -0.05) is 0 Å². The van der Waals surface area contributed by atoms with Gasteiger partial charge in [0.15, 0.2) is 11.6 Å². The summed E-state index contributed by atoms with van der Waals surface area (Å²) >= 11 is 0. The maximum atomic E-state index is 13.7. The van der Waals surface area contributed by atoms with Gasteiger partial charge in [0.05, 0.1) is 12.1 Å². The minimum atomic E-state index is -1.19. The lowest BCUT2D eigenvalue weighted by atomic mass is 10.1. The van der Waals surface area contributed by atoms with Crippen molar-refractivity contribution in [1.82, 2.24) is 9.88 Å². The van der Waals surface area contributed by atoms with Crippen molar-refractivity contribution in [3.8, 4) is 0 Å². The third-order valence-electron chi connectivity index (χ3n) is 3.13. The van der Waals surface area contributed by atoms with Crippen LogP contribution in [-0.4, -0.2) is 41.7 Å². The molecule has 104 valence electrons. The van der Waals surface area contributed by atoms with Crippen molar-refractivity contribution in [3.63, 3.8) is 0 Å². The number of benzene rings is 1. The lowest BCUT2D eigenvalue weighted by Gasteiger charge is -2.14. The molecule has 6 heteroatoms. The SMILES string of the molecule is CN(CCO)CCc1c[nH]c2c(F)cc(F)c(F)c12. The number of aliphatic hydroxyl groups excluding tert-OH is 1. The highest BCUT2D eigenvalue weighted by atomic mass is 19.2. The van der Waals surface area contributed by atoms with E-state index in [-0.39, 0.29) is 17.5 Å². The number of aliphatic hydroxyl groups is 1. The molecule has 0 aliphatic carbocycles. The van der Waals surface area contributed by atoms with Gasteiger partial charge in [0.2, 0.25) is 0 Å². The summed E-state index contributed by atoms with van der Waals surface area (Å²) in [5.74, 6) is -3.02. The maximum Gasteiger partial charge on any atom is 0.168 e. The molecular weight excluding hydrogens is 257 g/mol. The maximum absolute atomic E-state index is 13.7. The molecule has 0 saturated carbocycles. The smallest absolute Gasteiger partial charge is 0.168 e. The first-order chi connectivity index (χ1) is 9.04. The van der Waals surface area contributed by atoms with Crippen molar-refractivity contribution < 1.29 is 18.3 Å². The first-order valence-corrected chi connectivity index (χ1v) is 5.97. The number of rotatable bonds is 5. The van der Waals surface area contributed by atoms with Gasteiger partial charge in [-0.3, -0.25) is 0 Å². The molecule has 0 unspecified atom stereocenters. The zero-order valence-electron chi connectivity index (χ0n) is 10.5. The molecular formula is C13H15F3N2O. The van der Waals surface area contributed by atoms with Crippen LogP contribution in [0.3, 0.4) is 0 Å². The van der Waals surface area contributed by atoms with Crippen LogP contribution in [0.25, 0.3) is 10.9 Å². The van der Waals surface area contributed by atoms with E-state index in [1.807, 2.05) is 11.9 Å². The van der Waals surface area contributed by atoms with E-state index >= 15 is 0 Å². The lowest BCUT2D eigenvalue weighted by Crippen LogP contribution is -2.24. The Morgan fingerprint density at radius 2 is 1.95 bits per heavy atom. The molecule has 0 bridgehead atoms. The summed E-state index contributed by atoms with van der Waals surface area (Å²) in [5, 5.41) is 8.74. The quantitative estimate of drug-likeness (QED) is 0.818. The van der Waals surface area contributed by atoms with Crippen molar-refractivity contribution in [1.29, 1.82) is 0 Å². The monoisotopic (exact) mass is 272 g/mol. The molecule has 0 saturated heterocycles. The molecule has 1 heterocycles. The number of aromatic nitrogens is 1. The molecule has 0 atom stereocenters. The van der Waals surface area contributed by atoms with E-state index in [1.54, 1.807) is 0 Å². The standard InChI is InChI=1S/C13H15F3N2O/c1-18(4-5-19)3-2-8-7-17-13-10(15)6-9(14)12(16)11(8)13/h6-7,17,19H,2-5H2,1H3. The Kier molecular flexibility index (Phi) is 4.11. The summed E-state index contributed by atoms with van der Waals surface area (Å²) in [4.78, 5) is 4.48. The van der Waals surface area contributed by atoms with E-state index in [2.05, 4.69) is 4.98 Å². The summed E-state index contributed by atoms with van der Waals surface area (Å²) in [7, 11) is 1.81. The number of nitrogens with one attached hydrogen (secondary N) is 1. The Balaban J connectivity index is 2.29. The van der Waals surface area contributed by atoms with Gasteiger partial charge in [0, 0.05) is 30.7 Å². The van der Waals surface area contributed by atoms with Crippen LogP contribution in [-0.2, 0) is 6.42 Å². The van der Waals surface area contributed by atoms with Gasteiger partial charge in [0.1, 0.15) is 5.82 Å². The van der Waals surface area contributed by atoms with Gasteiger partial charge in [0.25, 0.3) is 0 Å². The third-order valence-corrected chi connectivity index (χ3v) is 3.13. The highest BCUT2D eigenvalue weighted by molar-refractivity contribution is 5.84. The Morgan fingerprint density at radius 3 is 2.63 bits per heavy atom. The molecule has 19 heavy (non-hydrogen) atoms. The van der Waals surface area contributed by atoms with Crippen molar-refractivity contribution in [2.45, 2.75) is 6.42 Å². The number of hydrogen-bond donors (Lipinski definition) is 2. The molecule has 0 aliphatic heterocycles. The van der Waals surface area contributed by atoms with Crippen LogP contribution in [0.5, 0.6) is 0 Å². The normalized spacial score (nSPS) is 11.7. The number of halogens is 3. The number of fused-ring (bicyclic) bond motifs is 1. The Morgan fingerprint density at radius 1 is 1.21 bits per heavy atom. The number of hydrogen-bond acceptors (Lipinski definition) is 2. The fourth-order valence-electron chi connectivity index (χ4n) is 2.06. The van der Waals surface area contributed by atoms with Gasteiger partial charge in [-0.15, -0.1) is 0 Å². The van der Waals surface area contributed by atoms with Crippen LogP contribution in [0, 0.1) is 17.5 Å². The fourth-order valence-corrected chi connectivity index (χ4v) is 2.06. The molecule has 0 radical (unpaired) electrons. The lowest BCUT2D eigenvalue weighted by molar-refractivity contribution is 0.223. The average molecular weight is 272 g/mol. The second-order valence-corrected chi connectivity index (χ2v) is 4.49. The van der Waals surface area contributed by atoms with E-state index in [1.165, 1.54) is 6.20 Å². The zero-order chi connectivity index (χ0) is 14.0. The third kappa shape index (κ3) is 2.74. The number of H-pyrrole nitrogens is 1. The Hall–Kier alpha value is -1.53. The van der Waals surface area contributed by atoms with E-state index < -0.39 is 17.5 Å². The van der Waals surface area contributed by atoms with Crippen molar-refractivity contribution in [3.05, 3.63) is 35.3 Å². The second kappa shape index (κ2) is 5.63. The van der Waals surface area contributed by atoms with E-state index in [0.717, 1.165) is 0 Å². The summed E-state index contributed by atoms with van der Waals surface area (Å²) < 4.78 is 40.4. The second-order valence-electron chi connectivity index (χ2n) is 4.49. The van der Waals surface area contributed by atoms with Crippen molar-refractivity contribution in [2.24, 2.45) is 0 Å². The minimum Gasteiger partial charge on any atom is -0.395 e. The molecule has 1 aromatic carbocycles. The van der Waals surface area contributed by atoms with Gasteiger partial charge >= 0.3 is 0 Å². The van der Waals surface area contributed by atoms with Crippen LogP contribution in [0.1, 0.15) is 5.56 Å². The van der Waals surface area contributed by atoms with Gasteiger partial charge in [-0.05, 0) is 19.0 Å². The topological polar surface area (TPSA) is 39.3 Å². The largest absolute Gasteiger partial charge is 0.395 e. The molecule has 0 amide bonds. The molecule has 1 aromatic heterocycles. The Labute approximate surface area is 108 Å².